The molecule has 11 aromatic carbocycles. The average molecular weight is 828 g/mol. The maximum atomic E-state index is 6.55. The van der Waals surface area contributed by atoms with Crippen LogP contribution in [0.2, 0.25) is 0 Å². The van der Waals surface area contributed by atoms with Gasteiger partial charge in [0.2, 0.25) is 0 Å². The zero-order valence-corrected chi connectivity index (χ0v) is 35.5. The molecule has 1 aliphatic rings. The Balaban J connectivity index is 0.982. The maximum absolute atomic E-state index is 6.55. The van der Waals surface area contributed by atoms with Crippen molar-refractivity contribution in [3.63, 3.8) is 0 Å². The maximum Gasteiger partial charge on any atom is 0.137 e. The summed E-state index contributed by atoms with van der Waals surface area (Å²) in [7, 11) is 0. The molecule has 0 unspecified atom stereocenters. The van der Waals surface area contributed by atoms with Gasteiger partial charge >= 0.3 is 0 Å². The SMILES string of the molecule is c1ccc(C2(c3ccccc3)c3ccccc3-c3c(N(c4ccc(-c5ccc6cc(-c7ccc8ccccc8c7)ccc6c5)cc4)c4cccc5oc6ccccc6c45)cccc32)cc1. The van der Waals surface area contributed by atoms with E-state index in [2.05, 4.69) is 248 Å². The van der Waals surface area contributed by atoms with Gasteiger partial charge in [-0.25, -0.2) is 0 Å². The fourth-order valence-electron chi connectivity index (χ4n) is 10.8. The molecule has 1 aromatic heterocycles. The predicted octanol–water partition coefficient (Wildman–Crippen LogP) is 17.1. The van der Waals surface area contributed by atoms with Crippen LogP contribution < -0.4 is 4.90 Å². The molecule has 304 valence electrons. The molecule has 1 aliphatic carbocycles. The van der Waals surface area contributed by atoms with E-state index in [9.17, 15) is 0 Å². The van der Waals surface area contributed by atoms with Gasteiger partial charge in [-0.1, -0.05) is 194 Å². The molecule has 0 amide bonds. The van der Waals surface area contributed by atoms with Crippen LogP contribution >= 0.6 is 0 Å². The zero-order valence-electron chi connectivity index (χ0n) is 35.5. The molecule has 1 heterocycles. The molecular weight excluding hydrogens is 787 g/mol. The molecule has 2 nitrogen and oxygen atoms in total. The second kappa shape index (κ2) is 14.8. The van der Waals surface area contributed by atoms with Crippen molar-refractivity contribution in [3.8, 4) is 33.4 Å². The van der Waals surface area contributed by atoms with Gasteiger partial charge in [-0.2, -0.15) is 0 Å². The first kappa shape index (κ1) is 37.1. The third-order valence-electron chi connectivity index (χ3n) is 13.7. The summed E-state index contributed by atoms with van der Waals surface area (Å²) in [6.07, 6.45) is 0. The van der Waals surface area contributed by atoms with E-state index in [4.69, 9.17) is 4.42 Å². The van der Waals surface area contributed by atoms with E-state index in [-0.39, 0.29) is 0 Å². The van der Waals surface area contributed by atoms with Crippen LogP contribution in [0.25, 0.3) is 76.9 Å². The molecule has 0 aliphatic heterocycles. The van der Waals surface area contributed by atoms with Crippen molar-refractivity contribution in [1.82, 2.24) is 0 Å². The van der Waals surface area contributed by atoms with Gasteiger partial charge in [0, 0.05) is 16.6 Å². The molecule has 0 saturated heterocycles. The average Bonchev–Trinajstić information content (AvgIpc) is 3.92. The topological polar surface area (TPSA) is 16.4 Å². The van der Waals surface area contributed by atoms with Crippen LogP contribution in [-0.2, 0) is 5.41 Å². The highest BCUT2D eigenvalue weighted by atomic mass is 16.3. The van der Waals surface area contributed by atoms with Gasteiger partial charge in [-0.15, -0.1) is 0 Å². The van der Waals surface area contributed by atoms with Crippen LogP contribution in [0, 0.1) is 0 Å². The molecule has 0 N–H and O–H groups in total. The summed E-state index contributed by atoms with van der Waals surface area (Å²) in [5.74, 6) is 0. The van der Waals surface area contributed by atoms with Gasteiger partial charge < -0.3 is 9.32 Å². The Morgan fingerprint density at radius 3 is 1.57 bits per heavy atom. The fraction of sp³-hybridized carbons (Fsp3) is 0.0159. The summed E-state index contributed by atoms with van der Waals surface area (Å²) in [5, 5.41) is 7.14. The minimum absolute atomic E-state index is 0.527. The summed E-state index contributed by atoms with van der Waals surface area (Å²) in [5.41, 5.74) is 16.7. The summed E-state index contributed by atoms with van der Waals surface area (Å²) in [4.78, 5) is 2.46. The van der Waals surface area contributed by atoms with E-state index in [1.807, 2.05) is 6.07 Å². The van der Waals surface area contributed by atoms with Crippen molar-refractivity contribution in [2.45, 2.75) is 5.41 Å². The first-order valence-electron chi connectivity index (χ1n) is 22.4. The standard InChI is InChI=1S/C63H41NO/c1-3-17-50(18-4-1)63(51-19-5-2-6-20-51)55-23-11-9-21-53(55)61-56(63)24-13-25-57(61)64(58-26-14-28-60-62(58)54-22-10-12-27-59(54)65-60)52-37-35-43(36-38-52)45-31-32-48-41-49(34-33-47(48)40-45)46-30-29-42-15-7-8-16-44(42)39-46/h1-41H. The van der Waals surface area contributed by atoms with Crippen LogP contribution in [0.3, 0.4) is 0 Å². The van der Waals surface area contributed by atoms with Gasteiger partial charge in [0.15, 0.2) is 0 Å². The molecule has 0 radical (unpaired) electrons. The van der Waals surface area contributed by atoms with E-state index in [1.165, 1.54) is 71.6 Å². The van der Waals surface area contributed by atoms with Gasteiger partial charge in [-0.05, 0) is 126 Å². The van der Waals surface area contributed by atoms with E-state index in [0.29, 0.717) is 0 Å². The number of hydrogen-bond donors (Lipinski definition) is 0. The molecule has 0 fully saturated rings. The largest absolute Gasteiger partial charge is 0.456 e. The van der Waals surface area contributed by atoms with E-state index >= 15 is 0 Å². The summed E-state index contributed by atoms with van der Waals surface area (Å²) < 4.78 is 6.55. The second-order valence-electron chi connectivity index (χ2n) is 17.2. The summed E-state index contributed by atoms with van der Waals surface area (Å²) in [6, 6.07) is 90.9. The van der Waals surface area contributed by atoms with Crippen LogP contribution in [-0.4, -0.2) is 0 Å². The second-order valence-corrected chi connectivity index (χ2v) is 17.2. The first-order valence-corrected chi connectivity index (χ1v) is 22.4. The van der Waals surface area contributed by atoms with E-state index in [0.717, 1.165) is 44.6 Å². The van der Waals surface area contributed by atoms with Crippen molar-refractivity contribution in [1.29, 1.82) is 0 Å². The molecule has 0 atom stereocenters. The lowest BCUT2D eigenvalue weighted by molar-refractivity contribution is 0.669. The fourth-order valence-corrected chi connectivity index (χ4v) is 10.8. The molecular formula is C63H41NO. The minimum Gasteiger partial charge on any atom is -0.456 e. The van der Waals surface area contributed by atoms with Crippen LogP contribution in [0.15, 0.2) is 253 Å². The van der Waals surface area contributed by atoms with Crippen LogP contribution in [0.4, 0.5) is 17.1 Å². The number of benzene rings is 11. The van der Waals surface area contributed by atoms with Gasteiger partial charge in [0.25, 0.3) is 0 Å². The molecule has 13 rings (SSSR count). The van der Waals surface area contributed by atoms with Crippen LogP contribution in [0.5, 0.6) is 0 Å². The molecule has 0 spiro atoms. The number of fused-ring (bicyclic) bond motifs is 8. The number of hydrogen-bond acceptors (Lipinski definition) is 2. The van der Waals surface area contributed by atoms with Gasteiger partial charge in [0.05, 0.1) is 22.2 Å². The zero-order chi connectivity index (χ0) is 42.9. The third kappa shape index (κ3) is 5.81. The molecule has 2 heteroatoms. The lowest BCUT2D eigenvalue weighted by atomic mass is 9.68. The minimum atomic E-state index is -0.527. The summed E-state index contributed by atoms with van der Waals surface area (Å²) in [6.45, 7) is 0. The molecule has 0 saturated carbocycles. The first-order chi connectivity index (χ1) is 32.2. The number of anilines is 3. The Morgan fingerprint density at radius 2 is 0.846 bits per heavy atom. The van der Waals surface area contributed by atoms with E-state index in [1.54, 1.807) is 0 Å². The Hall–Kier alpha value is -8.46. The number of rotatable bonds is 7. The Labute approximate surface area is 377 Å². The smallest absolute Gasteiger partial charge is 0.137 e. The number of furan rings is 1. The highest BCUT2D eigenvalue weighted by Crippen LogP contribution is 2.60. The molecule has 0 bridgehead atoms. The lowest BCUT2D eigenvalue weighted by Gasteiger charge is -2.34. The van der Waals surface area contributed by atoms with Crippen molar-refractivity contribution in [2.75, 3.05) is 4.90 Å². The quantitative estimate of drug-likeness (QED) is 0.159. The van der Waals surface area contributed by atoms with Crippen molar-refractivity contribution < 1.29 is 4.42 Å². The third-order valence-corrected chi connectivity index (χ3v) is 13.7. The highest BCUT2D eigenvalue weighted by Gasteiger charge is 2.47. The highest BCUT2D eigenvalue weighted by molar-refractivity contribution is 6.14. The Morgan fingerprint density at radius 1 is 0.338 bits per heavy atom. The Bertz CT molecular complexity index is 3730. The monoisotopic (exact) mass is 827 g/mol. The van der Waals surface area contributed by atoms with Crippen molar-refractivity contribution in [3.05, 3.63) is 271 Å². The van der Waals surface area contributed by atoms with Crippen molar-refractivity contribution in [2.24, 2.45) is 0 Å². The molecule has 65 heavy (non-hydrogen) atoms. The number of para-hydroxylation sites is 1. The van der Waals surface area contributed by atoms with Crippen molar-refractivity contribution >= 4 is 60.5 Å². The normalized spacial score (nSPS) is 12.7. The molecule has 12 aromatic rings. The van der Waals surface area contributed by atoms with Gasteiger partial charge in [0.1, 0.15) is 11.2 Å². The summed E-state index contributed by atoms with van der Waals surface area (Å²) >= 11 is 0. The van der Waals surface area contributed by atoms with Gasteiger partial charge in [-0.3, -0.25) is 0 Å². The predicted molar refractivity (Wildman–Crippen MR) is 272 cm³/mol. The number of nitrogens with zero attached hydrogens (tertiary/aromatic N) is 1. The lowest BCUT2D eigenvalue weighted by Crippen LogP contribution is -2.28. The Kier molecular flexibility index (Phi) is 8.47. The van der Waals surface area contributed by atoms with Crippen LogP contribution in [0.1, 0.15) is 22.3 Å². The van der Waals surface area contributed by atoms with E-state index < -0.39 is 5.41 Å².